The Balaban J connectivity index is 1.70. The third kappa shape index (κ3) is 4.37. The molecule has 0 radical (unpaired) electrons. The van der Waals surface area contributed by atoms with Crippen molar-refractivity contribution in [2.75, 3.05) is 26.9 Å². The summed E-state index contributed by atoms with van der Waals surface area (Å²) in [5.74, 6) is 1.44. The molecule has 5 nitrogen and oxygen atoms in total. The van der Waals surface area contributed by atoms with E-state index in [2.05, 4.69) is 5.32 Å². The molecule has 1 aliphatic rings. The smallest absolute Gasteiger partial charge is 0.123 e. The number of ether oxygens (including phenoxy) is 3. The molecule has 0 saturated carbocycles. The summed E-state index contributed by atoms with van der Waals surface area (Å²) in [4.78, 5) is 0. The molecule has 0 aliphatic carbocycles. The fourth-order valence-electron chi connectivity index (χ4n) is 2.23. The molecule has 3 unspecified atom stereocenters. The maximum atomic E-state index is 9.92. The molecule has 20 heavy (non-hydrogen) atoms. The zero-order chi connectivity index (χ0) is 14.4. The van der Waals surface area contributed by atoms with Gasteiger partial charge in [0, 0.05) is 25.3 Å². The van der Waals surface area contributed by atoms with E-state index in [1.807, 2.05) is 25.1 Å². The summed E-state index contributed by atoms with van der Waals surface area (Å²) < 4.78 is 16.1. The second-order valence-corrected chi connectivity index (χ2v) is 5.02. The highest BCUT2D eigenvalue weighted by molar-refractivity contribution is 5.32. The molecule has 1 aromatic carbocycles. The molecule has 112 valence electrons. The number of hydrogen-bond donors (Lipinski definition) is 2. The first-order valence-electron chi connectivity index (χ1n) is 6.99. The number of methoxy groups -OCH3 is 1. The predicted molar refractivity (Wildman–Crippen MR) is 76.3 cm³/mol. The highest BCUT2D eigenvalue weighted by Crippen LogP contribution is 2.19. The van der Waals surface area contributed by atoms with Crippen LogP contribution in [0.3, 0.4) is 0 Å². The van der Waals surface area contributed by atoms with E-state index in [0.717, 1.165) is 18.8 Å². The summed E-state index contributed by atoms with van der Waals surface area (Å²) >= 11 is 0. The second-order valence-electron chi connectivity index (χ2n) is 5.02. The average molecular weight is 281 g/mol. The maximum Gasteiger partial charge on any atom is 0.123 e. The zero-order valence-corrected chi connectivity index (χ0v) is 12.0. The summed E-state index contributed by atoms with van der Waals surface area (Å²) in [7, 11) is 1.61. The lowest BCUT2D eigenvalue weighted by Gasteiger charge is -2.19. The van der Waals surface area contributed by atoms with Crippen molar-refractivity contribution in [3.8, 4) is 11.5 Å². The Morgan fingerprint density at radius 2 is 2.25 bits per heavy atom. The molecule has 1 fully saturated rings. The molecular weight excluding hydrogens is 258 g/mol. The molecule has 0 aromatic heterocycles. The van der Waals surface area contributed by atoms with Crippen LogP contribution < -0.4 is 14.8 Å². The van der Waals surface area contributed by atoms with Crippen molar-refractivity contribution in [2.45, 2.75) is 31.6 Å². The Morgan fingerprint density at radius 1 is 1.45 bits per heavy atom. The highest BCUT2D eigenvalue weighted by Gasteiger charge is 2.24. The lowest BCUT2D eigenvalue weighted by atomic mass is 10.1. The minimum atomic E-state index is -0.547. The van der Waals surface area contributed by atoms with Crippen LogP contribution >= 0.6 is 0 Å². The number of hydrogen-bond acceptors (Lipinski definition) is 5. The number of aliphatic hydroxyl groups is 1. The van der Waals surface area contributed by atoms with Gasteiger partial charge in [0.1, 0.15) is 24.2 Å². The van der Waals surface area contributed by atoms with Gasteiger partial charge in [-0.25, -0.2) is 0 Å². The first kappa shape index (κ1) is 15.1. The van der Waals surface area contributed by atoms with Gasteiger partial charge in [0.2, 0.25) is 0 Å². The second kappa shape index (κ2) is 7.47. The Kier molecular flexibility index (Phi) is 5.64. The van der Waals surface area contributed by atoms with Crippen LogP contribution in [0.15, 0.2) is 24.3 Å². The summed E-state index contributed by atoms with van der Waals surface area (Å²) in [6.07, 6.45) is 0.653. The lowest BCUT2D eigenvalue weighted by molar-refractivity contribution is 0.0896. The minimum Gasteiger partial charge on any atom is -0.497 e. The largest absolute Gasteiger partial charge is 0.497 e. The van der Waals surface area contributed by atoms with Crippen LogP contribution in [-0.2, 0) is 4.74 Å². The summed E-state index contributed by atoms with van der Waals surface area (Å²) in [5.41, 5.74) is 0. The van der Waals surface area contributed by atoms with Gasteiger partial charge >= 0.3 is 0 Å². The molecule has 0 spiro atoms. The van der Waals surface area contributed by atoms with Crippen LogP contribution in [-0.4, -0.2) is 50.2 Å². The molecule has 3 atom stereocenters. The van der Waals surface area contributed by atoms with Gasteiger partial charge in [-0.15, -0.1) is 0 Å². The van der Waals surface area contributed by atoms with Crippen molar-refractivity contribution in [3.05, 3.63) is 24.3 Å². The van der Waals surface area contributed by atoms with Gasteiger partial charge in [-0.05, 0) is 25.5 Å². The molecule has 0 amide bonds. The van der Waals surface area contributed by atoms with E-state index in [1.54, 1.807) is 13.2 Å². The fourth-order valence-corrected chi connectivity index (χ4v) is 2.23. The predicted octanol–water partition coefficient (Wildman–Crippen LogP) is 1.20. The van der Waals surface area contributed by atoms with Crippen molar-refractivity contribution >= 4 is 0 Å². The molecule has 2 rings (SSSR count). The Labute approximate surface area is 119 Å². The molecule has 0 bridgehead atoms. The zero-order valence-electron chi connectivity index (χ0n) is 12.0. The Morgan fingerprint density at radius 3 is 2.95 bits per heavy atom. The van der Waals surface area contributed by atoms with Gasteiger partial charge in [-0.1, -0.05) is 6.07 Å². The van der Waals surface area contributed by atoms with E-state index >= 15 is 0 Å². The summed E-state index contributed by atoms with van der Waals surface area (Å²) in [5, 5.41) is 13.2. The van der Waals surface area contributed by atoms with Crippen LogP contribution in [0.1, 0.15) is 13.3 Å². The van der Waals surface area contributed by atoms with Crippen molar-refractivity contribution in [1.29, 1.82) is 0 Å². The van der Waals surface area contributed by atoms with Crippen LogP contribution in [0, 0.1) is 0 Å². The fraction of sp³-hybridized carbons (Fsp3) is 0.600. The average Bonchev–Trinajstić information content (AvgIpc) is 2.88. The third-order valence-corrected chi connectivity index (χ3v) is 3.48. The van der Waals surface area contributed by atoms with Crippen molar-refractivity contribution in [2.24, 2.45) is 0 Å². The molecule has 1 aliphatic heterocycles. The minimum absolute atomic E-state index is 0.210. The number of benzene rings is 1. The third-order valence-electron chi connectivity index (χ3n) is 3.48. The molecule has 2 N–H and O–H groups in total. The molecule has 1 heterocycles. The van der Waals surface area contributed by atoms with E-state index in [4.69, 9.17) is 14.2 Å². The first-order chi connectivity index (χ1) is 9.69. The van der Waals surface area contributed by atoms with E-state index < -0.39 is 6.10 Å². The Bertz CT molecular complexity index is 413. The van der Waals surface area contributed by atoms with E-state index in [1.165, 1.54) is 0 Å². The van der Waals surface area contributed by atoms with Gasteiger partial charge in [0.05, 0.1) is 13.2 Å². The SMILES string of the molecule is COc1cccc(OCC(O)CNC2CCOC2C)c1. The topological polar surface area (TPSA) is 60.0 Å². The molecular formula is C15H23NO4. The van der Waals surface area contributed by atoms with E-state index in [9.17, 15) is 5.11 Å². The van der Waals surface area contributed by atoms with Gasteiger partial charge in [0.15, 0.2) is 0 Å². The van der Waals surface area contributed by atoms with Crippen molar-refractivity contribution in [3.63, 3.8) is 0 Å². The summed E-state index contributed by atoms with van der Waals surface area (Å²) in [6.45, 7) is 3.59. The number of aliphatic hydroxyl groups excluding tert-OH is 1. The molecule has 1 aromatic rings. The maximum absolute atomic E-state index is 9.92. The van der Waals surface area contributed by atoms with E-state index in [0.29, 0.717) is 18.3 Å². The van der Waals surface area contributed by atoms with Crippen LogP contribution in [0.2, 0.25) is 0 Å². The van der Waals surface area contributed by atoms with Crippen molar-refractivity contribution in [1.82, 2.24) is 5.32 Å². The summed E-state index contributed by atoms with van der Waals surface area (Å²) in [6, 6.07) is 7.67. The van der Waals surface area contributed by atoms with Crippen molar-refractivity contribution < 1.29 is 19.3 Å². The lowest BCUT2D eigenvalue weighted by Crippen LogP contribution is -2.41. The quantitative estimate of drug-likeness (QED) is 0.786. The number of rotatable bonds is 7. The van der Waals surface area contributed by atoms with Gasteiger partial charge in [-0.3, -0.25) is 0 Å². The Hall–Kier alpha value is -1.30. The van der Waals surface area contributed by atoms with Crippen LogP contribution in [0.25, 0.3) is 0 Å². The van der Waals surface area contributed by atoms with Crippen LogP contribution in [0.4, 0.5) is 0 Å². The van der Waals surface area contributed by atoms with Crippen LogP contribution in [0.5, 0.6) is 11.5 Å². The van der Waals surface area contributed by atoms with Gasteiger partial charge in [-0.2, -0.15) is 0 Å². The first-order valence-corrected chi connectivity index (χ1v) is 6.99. The molecule has 1 saturated heterocycles. The normalized spacial score (nSPS) is 23.6. The highest BCUT2D eigenvalue weighted by atomic mass is 16.5. The standard InChI is InChI=1S/C15H23NO4/c1-11-15(6-7-19-11)16-9-12(17)10-20-14-5-3-4-13(8-14)18-2/h3-5,8,11-12,15-17H,6-7,9-10H2,1-2H3. The van der Waals surface area contributed by atoms with Gasteiger partial charge < -0.3 is 24.6 Å². The number of nitrogens with one attached hydrogen (secondary N) is 1. The van der Waals surface area contributed by atoms with E-state index in [-0.39, 0.29) is 12.7 Å². The van der Waals surface area contributed by atoms with Gasteiger partial charge in [0.25, 0.3) is 0 Å². The molecule has 5 heteroatoms. The monoisotopic (exact) mass is 281 g/mol.